The molecule has 2 aromatic rings. The lowest BCUT2D eigenvalue weighted by Crippen LogP contribution is -2.28. The van der Waals surface area contributed by atoms with Gasteiger partial charge in [-0.15, -0.1) is 0 Å². The zero-order valence-corrected chi connectivity index (χ0v) is 11.3. The molecular formula is C16H17NO3. The van der Waals surface area contributed by atoms with Crippen molar-refractivity contribution >= 4 is 5.91 Å². The summed E-state index contributed by atoms with van der Waals surface area (Å²) in [6.07, 6.45) is 0. The molecule has 2 N–H and O–H groups in total. The van der Waals surface area contributed by atoms with E-state index in [9.17, 15) is 9.90 Å². The highest BCUT2D eigenvalue weighted by Crippen LogP contribution is 2.16. The molecule has 0 fully saturated rings. The van der Waals surface area contributed by atoms with Gasteiger partial charge < -0.3 is 15.2 Å². The van der Waals surface area contributed by atoms with Gasteiger partial charge in [0.1, 0.15) is 18.1 Å². The predicted octanol–water partition coefficient (Wildman–Crippen LogP) is 2.51. The number of amides is 1. The van der Waals surface area contributed by atoms with Gasteiger partial charge in [0.2, 0.25) is 0 Å². The van der Waals surface area contributed by atoms with Crippen LogP contribution in [0.2, 0.25) is 0 Å². The molecule has 0 aliphatic carbocycles. The minimum absolute atomic E-state index is 0.176. The molecule has 4 heteroatoms. The normalized spacial score (nSPS) is 10.1. The van der Waals surface area contributed by atoms with Gasteiger partial charge >= 0.3 is 0 Å². The quantitative estimate of drug-likeness (QED) is 0.821. The van der Waals surface area contributed by atoms with Crippen molar-refractivity contribution in [2.75, 3.05) is 13.2 Å². The Morgan fingerprint density at radius 3 is 2.65 bits per heavy atom. The number of phenols is 1. The van der Waals surface area contributed by atoms with E-state index in [1.54, 1.807) is 19.1 Å². The van der Waals surface area contributed by atoms with Crippen LogP contribution in [0.25, 0.3) is 0 Å². The maximum absolute atomic E-state index is 11.9. The summed E-state index contributed by atoms with van der Waals surface area (Å²) in [5, 5.41) is 12.2. The lowest BCUT2D eigenvalue weighted by molar-refractivity contribution is 0.0947. The summed E-state index contributed by atoms with van der Waals surface area (Å²) >= 11 is 0. The van der Waals surface area contributed by atoms with E-state index in [1.807, 2.05) is 30.3 Å². The highest BCUT2D eigenvalue weighted by molar-refractivity contribution is 5.94. The molecule has 0 unspecified atom stereocenters. The number of carbonyl (C=O) groups excluding carboxylic acids is 1. The van der Waals surface area contributed by atoms with Gasteiger partial charge in [0, 0.05) is 5.56 Å². The number of benzene rings is 2. The van der Waals surface area contributed by atoms with Crippen molar-refractivity contribution in [3.05, 3.63) is 59.7 Å². The average Bonchev–Trinajstić information content (AvgIpc) is 2.47. The summed E-state index contributed by atoms with van der Waals surface area (Å²) in [4.78, 5) is 11.9. The molecule has 0 aromatic heterocycles. The van der Waals surface area contributed by atoms with E-state index in [0.717, 1.165) is 5.75 Å². The van der Waals surface area contributed by atoms with Crippen LogP contribution in [-0.2, 0) is 0 Å². The van der Waals surface area contributed by atoms with Crippen molar-refractivity contribution in [1.29, 1.82) is 0 Å². The van der Waals surface area contributed by atoms with Crippen LogP contribution in [0, 0.1) is 6.92 Å². The van der Waals surface area contributed by atoms with Crippen LogP contribution in [0.5, 0.6) is 11.5 Å². The van der Waals surface area contributed by atoms with Crippen molar-refractivity contribution in [3.8, 4) is 11.5 Å². The van der Waals surface area contributed by atoms with Gasteiger partial charge in [0.15, 0.2) is 0 Å². The maximum atomic E-state index is 11.9. The third-order valence-corrected chi connectivity index (χ3v) is 2.86. The number of carbonyl (C=O) groups is 1. The molecule has 0 saturated carbocycles. The van der Waals surface area contributed by atoms with Crippen molar-refractivity contribution < 1.29 is 14.6 Å². The molecule has 104 valence electrons. The molecule has 20 heavy (non-hydrogen) atoms. The summed E-state index contributed by atoms with van der Waals surface area (Å²) in [7, 11) is 0. The molecule has 4 nitrogen and oxygen atoms in total. The Morgan fingerprint density at radius 1 is 1.20 bits per heavy atom. The number of ether oxygens (including phenoxy) is 1. The fourth-order valence-electron chi connectivity index (χ4n) is 1.75. The minimum Gasteiger partial charge on any atom is -0.508 e. The standard InChI is InChI=1S/C16H17NO3/c1-12-11-13(7-8-15(12)18)16(19)17-9-10-20-14-5-3-2-4-6-14/h2-8,11,18H,9-10H2,1H3,(H,17,19). The molecule has 0 aliphatic heterocycles. The van der Waals surface area contributed by atoms with E-state index >= 15 is 0 Å². The van der Waals surface area contributed by atoms with E-state index in [4.69, 9.17) is 4.74 Å². The number of aryl methyl sites for hydroxylation is 1. The molecule has 2 rings (SSSR count). The zero-order valence-electron chi connectivity index (χ0n) is 11.3. The molecule has 0 saturated heterocycles. The first kappa shape index (κ1) is 13.9. The van der Waals surface area contributed by atoms with Crippen molar-refractivity contribution in [3.63, 3.8) is 0 Å². The van der Waals surface area contributed by atoms with Crippen LogP contribution in [0.1, 0.15) is 15.9 Å². The number of aromatic hydroxyl groups is 1. The molecule has 0 bridgehead atoms. The fourth-order valence-corrected chi connectivity index (χ4v) is 1.75. The molecule has 0 atom stereocenters. The molecule has 0 radical (unpaired) electrons. The van der Waals surface area contributed by atoms with Crippen LogP contribution in [-0.4, -0.2) is 24.2 Å². The summed E-state index contributed by atoms with van der Waals surface area (Å²) in [5.74, 6) is 0.793. The first-order chi connectivity index (χ1) is 9.66. The summed E-state index contributed by atoms with van der Waals surface area (Å²) in [6.45, 7) is 2.59. The number of rotatable bonds is 5. The summed E-state index contributed by atoms with van der Waals surface area (Å²) < 4.78 is 5.48. The summed E-state index contributed by atoms with van der Waals surface area (Å²) in [6, 6.07) is 14.2. The fraction of sp³-hybridized carbons (Fsp3) is 0.188. The number of nitrogens with one attached hydrogen (secondary N) is 1. The predicted molar refractivity (Wildman–Crippen MR) is 77.1 cm³/mol. The average molecular weight is 271 g/mol. The van der Waals surface area contributed by atoms with Crippen molar-refractivity contribution in [2.45, 2.75) is 6.92 Å². The number of phenolic OH excluding ortho intramolecular Hbond substituents is 1. The van der Waals surface area contributed by atoms with Crippen LogP contribution in [0.4, 0.5) is 0 Å². The van der Waals surface area contributed by atoms with Crippen LogP contribution >= 0.6 is 0 Å². The van der Waals surface area contributed by atoms with E-state index in [1.165, 1.54) is 6.07 Å². The molecule has 2 aromatic carbocycles. The molecule has 0 spiro atoms. The second kappa shape index (κ2) is 6.61. The van der Waals surface area contributed by atoms with Gasteiger partial charge in [-0.1, -0.05) is 18.2 Å². The first-order valence-corrected chi connectivity index (χ1v) is 6.42. The monoisotopic (exact) mass is 271 g/mol. The second-order valence-corrected chi connectivity index (χ2v) is 4.42. The van der Waals surface area contributed by atoms with Crippen molar-refractivity contribution in [1.82, 2.24) is 5.32 Å². The molecule has 1 amide bonds. The maximum Gasteiger partial charge on any atom is 0.251 e. The third-order valence-electron chi connectivity index (χ3n) is 2.86. The van der Waals surface area contributed by atoms with Crippen LogP contribution in [0.15, 0.2) is 48.5 Å². The highest BCUT2D eigenvalue weighted by Gasteiger charge is 2.06. The highest BCUT2D eigenvalue weighted by atomic mass is 16.5. The van der Waals surface area contributed by atoms with Gasteiger partial charge in [0.05, 0.1) is 6.54 Å². The zero-order chi connectivity index (χ0) is 14.4. The SMILES string of the molecule is Cc1cc(C(=O)NCCOc2ccccc2)ccc1O. The molecular weight excluding hydrogens is 254 g/mol. The van der Waals surface area contributed by atoms with E-state index in [0.29, 0.717) is 24.3 Å². The largest absolute Gasteiger partial charge is 0.508 e. The van der Waals surface area contributed by atoms with E-state index in [-0.39, 0.29) is 11.7 Å². The van der Waals surface area contributed by atoms with Gasteiger partial charge in [-0.05, 0) is 42.8 Å². The minimum atomic E-state index is -0.176. The summed E-state index contributed by atoms with van der Waals surface area (Å²) in [5.41, 5.74) is 1.21. The molecule has 0 aliphatic rings. The lowest BCUT2D eigenvalue weighted by Gasteiger charge is -2.08. The van der Waals surface area contributed by atoms with Crippen molar-refractivity contribution in [2.24, 2.45) is 0 Å². The van der Waals surface area contributed by atoms with Gasteiger partial charge in [-0.2, -0.15) is 0 Å². The smallest absolute Gasteiger partial charge is 0.251 e. The Kier molecular flexibility index (Phi) is 4.60. The first-order valence-electron chi connectivity index (χ1n) is 6.42. The Morgan fingerprint density at radius 2 is 1.95 bits per heavy atom. The number of para-hydroxylation sites is 1. The number of hydrogen-bond donors (Lipinski definition) is 2. The van der Waals surface area contributed by atoms with Gasteiger partial charge in [-0.3, -0.25) is 4.79 Å². The Labute approximate surface area is 118 Å². The Balaban J connectivity index is 1.79. The second-order valence-electron chi connectivity index (χ2n) is 4.42. The van der Waals surface area contributed by atoms with Gasteiger partial charge in [-0.25, -0.2) is 0 Å². The topological polar surface area (TPSA) is 58.6 Å². The molecule has 0 heterocycles. The van der Waals surface area contributed by atoms with Gasteiger partial charge in [0.25, 0.3) is 5.91 Å². The van der Waals surface area contributed by atoms with Crippen LogP contribution < -0.4 is 10.1 Å². The Bertz CT molecular complexity index is 582. The van der Waals surface area contributed by atoms with E-state index < -0.39 is 0 Å². The van der Waals surface area contributed by atoms with E-state index in [2.05, 4.69) is 5.32 Å². The third kappa shape index (κ3) is 3.75. The van der Waals surface area contributed by atoms with Crippen LogP contribution in [0.3, 0.4) is 0 Å². The number of hydrogen-bond acceptors (Lipinski definition) is 3. The lowest BCUT2D eigenvalue weighted by atomic mass is 10.1. The Hall–Kier alpha value is -2.49.